The van der Waals surface area contributed by atoms with Crippen LogP contribution >= 0.6 is 11.6 Å². The molecule has 1 aromatic carbocycles. The third-order valence-electron chi connectivity index (χ3n) is 2.10. The van der Waals surface area contributed by atoms with E-state index in [4.69, 9.17) is 16.3 Å². The lowest BCUT2D eigenvalue weighted by molar-refractivity contribution is 0.0803. The maximum Gasteiger partial charge on any atom is 0.253 e. The van der Waals surface area contributed by atoms with Gasteiger partial charge in [-0.05, 0) is 24.3 Å². The van der Waals surface area contributed by atoms with E-state index in [0.717, 1.165) is 5.75 Å². The summed E-state index contributed by atoms with van der Waals surface area (Å²) in [5, 5.41) is 0. The van der Waals surface area contributed by atoms with Gasteiger partial charge in [-0.15, -0.1) is 11.6 Å². The Kier molecular flexibility index (Phi) is 4.43. The van der Waals surface area contributed by atoms with Gasteiger partial charge in [-0.1, -0.05) is 0 Å². The molecule has 0 radical (unpaired) electrons. The van der Waals surface area contributed by atoms with E-state index >= 15 is 0 Å². The molecular weight excluding hydrogens is 214 g/mol. The van der Waals surface area contributed by atoms with Crippen LogP contribution in [-0.2, 0) is 0 Å². The summed E-state index contributed by atoms with van der Waals surface area (Å²) in [7, 11) is 3.32. The highest BCUT2D eigenvalue weighted by atomic mass is 35.5. The van der Waals surface area contributed by atoms with Gasteiger partial charge >= 0.3 is 0 Å². The van der Waals surface area contributed by atoms with Gasteiger partial charge in [0.25, 0.3) is 5.91 Å². The quantitative estimate of drug-likeness (QED) is 0.737. The van der Waals surface area contributed by atoms with Crippen LogP contribution in [0, 0.1) is 0 Å². The monoisotopic (exact) mass is 227 g/mol. The van der Waals surface area contributed by atoms with Crippen LogP contribution in [0.4, 0.5) is 0 Å². The van der Waals surface area contributed by atoms with Crippen LogP contribution in [0.2, 0.25) is 0 Å². The molecule has 1 rings (SSSR count). The number of hydrogen-bond donors (Lipinski definition) is 0. The van der Waals surface area contributed by atoms with E-state index in [1.807, 2.05) is 0 Å². The lowest BCUT2D eigenvalue weighted by atomic mass is 10.2. The Bertz CT molecular complexity index is 324. The van der Waals surface area contributed by atoms with E-state index < -0.39 is 0 Å². The predicted octanol–water partition coefficient (Wildman–Crippen LogP) is 2.01. The maximum atomic E-state index is 11.8. The van der Waals surface area contributed by atoms with Crippen molar-refractivity contribution in [2.45, 2.75) is 0 Å². The van der Waals surface area contributed by atoms with Crippen LogP contribution in [0.1, 0.15) is 10.4 Å². The van der Waals surface area contributed by atoms with Gasteiger partial charge in [0.1, 0.15) is 5.75 Å². The van der Waals surface area contributed by atoms with E-state index in [0.29, 0.717) is 18.0 Å². The first kappa shape index (κ1) is 11.9. The van der Waals surface area contributed by atoms with Crippen molar-refractivity contribution in [2.24, 2.45) is 0 Å². The lowest BCUT2D eigenvalue weighted by Crippen LogP contribution is -2.28. The zero-order chi connectivity index (χ0) is 11.3. The summed E-state index contributed by atoms with van der Waals surface area (Å²) in [5.41, 5.74) is 0.642. The largest absolute Gasteiger partial charge is 0.497 e. The Labute approximate surface area is 94.6 Å². The van der Waals surface area contributed by atoms with Gasteiger partial charge < -0.3 is 9.64 Å². The fourth-order valence-corrected chi connectivity index (χ4v) is 1.44. The molecule has 0 atom stereocenters. The van der Waals surface area contributed by atoms with Crippen LogP contribution in [0.25, 0.3) is 0 Å². The van der Waals surface area contributed by atoms with E-state index in [1.165, 1.54) is 0 Å². The first-order valence-corrected chi connectivity index (χ1v) is 5.18. The lowest BCUT2D eigenvalue weighted by Gasteiger charge is -2.15. The van der Waals surface area contributed by atoms with Crippen LogP contribution in [0.5, 0.6) is 5.75 Å². The third kappa shape index (κ3) is 3.13. The van der Waals surface area contributed by atoms with Gasteiger partial charge in [0, 0.05) is 25.0 Å². The van der Waals surface area contributed by atoms with Crippen LogP contribution in [0.15, 0.2) is 24.3 Å². The van der Waals surface area contributed by atoms with Gasteiger partial charge in [0.2, 0.25) is 0 Å². The minimum absolute atomic E-state index is 0.0293. The van der Waals surface area contributed by atoms with Gasteiger partial charge in [-0.25, -0.2) is 0 Å². The molecule has 4 heteroatoms. The number of halogens is 1. The summed E-state index contributed by atoms with van der Waals surface area (Å²) in [6.07, 6.45) is 0. The molecule has 0 fully saturated rings. The standard InChI is InChI=1S/C11H14ClNO2/c1-13(8-7-12)11(14)9-3-5-10(15-2)6-4-9/h3-6H,7-8H2,1-2H3. The topological polar surface area (TPSA) is 29.5 Å². The number of alkyl halides is 1. The molecule has 0 aromatic heterocycles. The van der Waals surface area contributed by atoms with Crippen LogP contribution in [0.3, 0.4) is 0 Å². The Morgan fingerprint density at radius 2 is 2.00 bits per heavy atom. The molecule has 0 bridgehead atoms. The van der Waals surface area contributed by atoms with Crippen molar-refractivity contribution in [2.75, 3.05) is 26.6 Å². The first-order chi connectivity index (χ1) is 7.19. The van der Waals surface area contributed by atoms with E-state index in [-0.39, 0.29) is 5.91 Å². The minimum atomic E-state index is -0.0293. The van der Waals surface area contributed by atoms with Gasteiger partial charge in [0.05, 0.1) is 7.11 Å². The highest BCUT2D eigenvalue weighted by Gasteiger charge is 2.10. The normalized spacial score (nSPS) is 9.80. The van der Waals surface area contributed by atoms with E-state index in [1.54, 1.807) is 43.3 Å². The first-order valence-electron chi connectivity index (χ1n) is 4.64. The summed E-state index contributed by atoms with van der Waals surface area (Å²) in [6, 6.07) is 7.02. The Morgan fingerprint density at radius 1 is 1.40 bits per heavy atom. The Hall–Kier alpha value is -1.22. The average Bonchev–Trinajstić information content (AvgIpc) is 2.28. The fourth-order valence-electron chi connectivity index (χ4n) is 1.18. The van der Waals surface area contributed by atoms with Crippen molar-refractivity contribution in [1.29, 1.82) is 0 Å². The van der Waals surface area contributed by atoms with Crippen molar-refractivity contribution in [3.05, 3.63) is 29.8 Å². The molecule has 0 aliphatic rings. The number of carbonyl (C=O) groups is 1. The number of benzene rings is 1. The molecule has 0 aliphatic heterocycles. The van der Waals surface area contributed by atoms with Crippen molar-refractivity contribution in [3.8, 4) is 5.75 Å². The molecule has 1 aromatic rings. The second-order valence-corrected chi connectivity index (χ2v) is 3.52. The molecule has 1 amide bonds. The number of hydrogen-bond acceptors (Lipinski definition) is 2. The summed E-state index contributed by atoms with van der Waals surface area (Å²) in [6.45, 7) is 0.548. The second kappa shape index (κ2) is 5.61. The predicted molar refractivity (Wildman–Crippen MR) is 60.7 cm³/mol. The summed E-state index contributed by atoms with van der Waals surface area (Å²) in [4.78, 5) is 13.4. The third-order valence-corrected chi connectivity index (χ3v) is 2.27. The molecule has 0 saturated heterocycles. The average molecular weight is 228 g/mol. The molecule has 0 spiro atoms. The molecule has 82 valence electrons. The van der Waals surface area contributed by atoms with Crippen LogP contribution in [-0.4, -0.2) is 37.4 Å². The second-order valence-electron chi connectivity index (χ2n) is 3.14. The van der Waals surface area contributed by atoms with Crippen molar-refractivity contribution < 1.29 is 9.53 Å². The molecule has 0 aliphatic carbocycles. The van der Waals surface area contributed by atoms with E-state index in [9.17, 15) is 4.79 Å². The highest BCUT2D eigenvalue weighted by molar-refractivity contribution is 6.18. The number of nitrogens with zero attached hydrogens (tertiary/aromatic N) is 1. The summed E-state index contributed by atoms with van der Waals surface area (Å²) >= 11 is 5.56. The van der Waals surface area contributed by atoms with Gasteiger partial charge in [-0.3, -0.25) is 4.79 Å². The van der Waals surface area contributed by atoms with Crippen LogP contribution < -0.4 is 4.74 Å². The Morgan fingerprint density at radius 3 is 2.47 bits per heavy atom. The molecular formula is C11H14ClNO2. The molecule has 0 saturated carbocycles. The van der Waals surface area contributed by atoms with Crippen molar-refractivity contribution in [3.63, 3.8) is 0 Å². The Balaban J connectivity index is 2.73. The molecule has 0 unspecified atom stereocenters. The number of rotatable bonds is 4. The number of ether oxygens (including phenoxy) is 1. The zero-order valence-corrected chi connectivity index (χ0v) is 9.62. The smallest absolute Gasteiger partial charge is 0.253 e. The van der Waals surface area contributed by atoms with Gasteiger partial charge in [-0.2, -0.15) is 0 Å². The van der Waals surface area contributed by atoms with Gasteiger partial charge in [0.15, 0.2) is 0 Å². The summed E-state index contributed by atoms with van der Waals surface area (Å²) < 4.78 is 5.01. The molecule has 3 nitrogen and oxygen atoms in total. The summed E-state index contributed by atoms with van der Waals surface area (Å²) in [5.74, 6) is 1.16. The minimum Gasteiger partial charge on any atom is -0.497 e. The number of methoxy groups -OCH3 is 1. The maximum absolute atomic E-state index is 11.8. The molecule has 0 N–H and O–H groups in total. The van der Waals surface area contributed by atoms with Crippen molar-refractivity contribution >= 4 is 17.5 Å². The SMILES string of the molecule is COc1ccc(C(=O)N(C)CCCl)cc1. The van der Waals surface area contributed by atoms with Crippen molar-refractivity contribution in [1.82, 2.24) is 4.90 Å². The zero-order valence-electron chi connectivity index (χ0n) is 8.87. The fraction of sp³-hybridized carbons (Fsp3) is 0.364. The molecule has 0 heterocycles. The number of carbonyl (C=O) groups excluding carboxylic acids is 1. The van der Waals surface area contributed by atoms with E-state index in [2.05, 4.69) is 0 Å². The highest BCUT2D eigenvalue weighted by Crippen LogP contribution is 2.12. The number of amides is 1. The molecule has 15 heavy (non-hydrogen) atoms.